The summed E-state index contributed by atoms with van der Waals surface area (Å²) in [7, 11) is 5.60. The van der Waals surface area contributed by atoms with Gasteiger partial charge >= 0.3 is 0 Å². The van der Waals surface area contributed by atoms with Crippen LogP contribution in [0, 0.1) is 0 Å². The first-order chi connectivity index (χ1) is 6.09. The Morgan fingerprint density at radius 3 is 2.77 bits per heavy atom. The van der Waals surface area contributed by atoms with Crippen molar-refractivity contribution in [1.82, 2.24) is 0 Å². The van der Waals surface area contributed by atoms with Gasteiger partial charge in [-0.3, -0.25) is 4.79 Å². The number of benzene rings is 1. The Morgan fingerprint density at radius 1 is 1.54 bits per heavy atom. The molecule has 0 amide bonds. The van der Waals surface area contributed by atoms with Crippen molar-refractivity contribution in [1.29, 1.82) is 0 Å². The Morgan fingerprint density at radius 2 is 2.23 bits per heavy atom. The van der Waals surface area contributed by atoms with E-state index in [9.17, 15) is 4.79 Å². The van der Waals surface area contributed by atoms with E-state index in [0.29, 0.717) is 11.9 Å². The minimum atomic E-state index is 0.118. The molecule has 64 valence electrons. The number of hydrogen-bond acceptors (Lipinski definition) is 1. The van der Waals surface area contributed by atoms with Crippen molar-refractivity contribution in [3.63, 3.8) is 0 Å². The third-order valence-corrected chi connectivity index (χ3v) is 1.76. The van der Waals surface area contributed by atoms with E-state index in [-0.39, 0.29) is 5.78 Å². The molecule has 13 heavy (non-hydrogen) atoms. The lowest BCUT2D eigenvalue weighted by Crippen LogP contribution is -2.02. The maximum Gasteiger partial charge on any atom is 0.134 e. The minimum absolute atomic E-state index is 0.118. The summed E-state index contributed by atoms with van der Waals surface area (Å²) in [5.41, 5.74) is 2.46. The van der Waals surface area contributed by atoms with E-state index in [0.717, 1.165) is 11.1 Å². The molecule has 1 aromatic carbocycles. The van der Waals surface area contributed by atoms with E-state index in [1.807, 2.05) is 24.3 Å². The van der Waals surface area contributed by atoms with Gasteiger partial charge in [0.1, 0.15) is 13.6 Å². The summed E-state index contributed by atoms with van der Waals surface area (Å²) in [6.45, 7) is 5.38. The van der Waals surface area contributed by atoms with Gasteiger partial charge in [0.15, 0.2) is 0 Å². The molecule has 0 aliphatic rings. The smallest absolute Gasteiger partial charge is 0.134 e. The van der Waals surface area contributed by atoms with Gasteiger partial charge in [-0.05, 0) is 18.1 Å². The number of Topliss-reactive ketones (excluding diaryl/α,β-unsaturated/α-hetero) is 1. The van der Waals surface area contributed by atoms with Crippen LogP contribution < -0.4 is 5.46 Å². The van der Waals surface area contributed by atoms with E-state index in [1.165, 1.54) is 0 Å². The van der Waals surface area contributed by atoms with Crippen LogP contribution in [0.1, 0.15) is 18.9 Å². The number of carbonyl (C=O) groups is 1. The van der Waals surface area contributed by atoms with Gasteiger partial charge in [-0.1, -0.05) is 36.3 Å². The third kappa shape index (κ3) is 2.90. The van der Waals surface area contributed by atoms with Crippen LogP contribution in [0.5, 0.6) is 0 Å². The van der Waals surface area contributed by atoms with Crippen LogP contribution in [-0.2, 0) is 4.79 Å². The van der Waals surface area contributed by atoms with Crippen molar-refractivity contribution in [3.05, 3.63) is 36.4 Å². The number of hydrogen-bond donors (Lipinski definition) is 0. The van der Waals surface area contributed by atoms with Crippen LogP contribution >= 0.6 is 0 Å². The zero-order valence-corrected chi connectivity index (χ0v) is 7.71. The first kappa shape index (κ1) is 9.78. The lowest BCUT2D eigenvalue weighted by molar-refractivity contribution is -0.116. The second-order valence-electron chi connectivity index (χ2n) is 3.11. The zero-order chi connectivity index (χ0) is 9.84. The molecule has 0 aliphatic carbocycles. The van der Waals surface area contributed by atoms with Crippen molar-refractivity contribution in [3.8, 4) is 0 Å². The Balaban J connectivity index is 2.83. The summed E-state index contributed by atoms with van der Waals surface area (Å²) in [5, 5.41) is 0. The molecule has 0 aromatic heterocycles. The molecule has 2 radical (unpaired) electrons. The summed E-state index contributed by atoms with van der Waals surface area (Å²) in [6, 6.07) is 7.40. The molecular weight excluding hydrogens is 159 g/mol. The van der Waals surface area contributed by atoms with Gasteiger partial charge in [-0.2, -0.15) is 0 Å². The van der Waals surface area contributed by atoms with Crippen LogP contribution in [-0.4, -0.2) is 13.6 Å². The highest BCUT2D eigenvalue weighted by atomic mass is 16.1. The van der Waals surface area contributed by atoms with Gasteiger partial charge in [-0.15, -0.1) is 0 Å². The molecular formula is C11H11BO. The minimum Gasteiger partial charge on any atom is -0.300 e. The van der Waals surface area contributed by atoms with Crippen LogP contribution in [0.25, 0.3) is 5.57 Å². The topological polar surface area (TPSA) is 17.1 Å². The predicted octanol–water partition coefficient (Wildman–Crippen LogP) is 1.47. The van der Waals surface area contributed by atoms with E-state index >= 15 is 0 Å². The first-order valence-electron chi connectivity index (χ1n) is 4.12. The van der Waals surface area contributed by atoms with Crippen molar-refractivity contribution in [2.75, 3.05) is 0 Å². The largest absolute Gasteiger partial charge is 0.300 e. The monoisotopic (exact) mass is 170 g/mol. The fourth-order valence-corrected chi connectivity index (χ4v) is 1.16. The maximum absolute atomic E-state index is 10.8. The lowest BCUT2D eigenvalue weighted by atomic mass is 9.91. The Hall–Kier alpha value is -1.31. The lowest BCUT2D eigenvalue weighted by Gasteiger charge is -2.04. The molecule has 2 heteroatoms. The van der Waals surface area contributed by atoms with Gasteiger partial charge in [-0.25, -0.2) is 0 Å². The molecule has 0 heterocycles. The summed E-state index contributed by atoms with van der Waals surface area (Å²) < 4.78 is 0. The predicted molar refractivity (Wildman–Crippen MR) is 56.2 cm³/mol. The molecule has 1 rings (SSSR count). The molecule has 1 aromatic rings. The SMILES string of the molecule is [B]c1cccc(C(=C)CC(C)=O)c1. The van der Waals surface area contributed by atoms with Crippen LogP contribution in [0.4, 0.5) is 0 Å². The third-order valence-electron chi connectivity index (χ3n) is 1.76. The quantitative estimate of drug-likeness (QED) is 0.627. The Bertz CT molecular complexity index is 342. The average molecular weight is 170 g/mol. The zero-order valence-electron chi connectivity index (χ0n) is 7.71. The Kier molecular flexibility index (Phi) is 3.07. The van der Waals surface area contributed by atoms with Crippen LogP contribution in [0.2, 0.25) is 0 Å². The van der Waals surface area contributed by atoms with Crippen LogP contribution in [0.3, 0.4) is 0 Å². The molecule has 0 saturated heterocycles. The van der Waals surface area contributed by atoms with Gasteiger partial charge in [0.2, 0.25) is 0 Å². The molecule has 0 bridgehead atoms. The normalized spacial score (nSPS) is 9.62. The highest BCUT2D eigenvalue weighted by molar-refractivity contribution is 6.32. The maximum atomic E-state index is 10.8. The van der Waals surface area contributed by atoms with Gasteiger partial charge < -0.3 is 0 Å². The van der Waals surface area contributed by atoms with Crippen molar-refractivity contribution in [2.45, 2.75) is 13.3 Å². The fourth-order valence-electron chi connectivity index (χ4n) is 1.16. The number of carbonyl (C=O) groups excluding carboxylic acids is 1. The van der Waals surface area contributed by atoms with E-state index in [4.69, 9.17) is 7.85 Å². The van der Waals surface area contributed by atoms with Crippen LogP contribution in [0.15, 0.2) is 30.8 Å². The van der Waals surface area contributed by atoms with Crippen molar-refractivity contribution >= 4 is 24.7 Å². The van der Waals surface area contributed by atoms with Gasteiger partial charge in [0, 0.05) is 6.42 Å². The standard InChI is InChI=1S/C11H11BO/c1-8(6-9(2)13)10-4-3-5-11(12)7-10/h3-5,7H,1,6H2,2H3. The Labute approximate surface area is 79.9 Å². The molecule has 0 atom stereocenters. The number of allylic oxidation sites excluding steroid dienone is 1. The summed E-state index contributed by atoms with van der Waals surface area (Å²) in [4.78, 5) is 10.8. The molecule has 0 spiro atoms. The average Bonchev–Trinajstić information content (AvgIpc) is 2.03. The summed E-state index contributed by atoms with van der Waals surface area (Å²) in [5.74, 6) is 0.118. The van der Waals surface area contributed by atoms with E-state index in [1.54, 1.807) is 6.92 Å². The highest BCUT2D eigenvalue weighted by Gasteiger charge is 2.01. The molecule has 0 fully saturated rings. The molecule has 1 nitrogen and oxygen atoms in total. The van der Waals surface area contributed by atoms with Crippen molar-refractivity contribution < 1.29 is 4.79 Å². The number of ketones is 1. The van der Waals surface area contributed by atoms with Crippen molar-refractivity contribution in [2.24, 2.45) is 0 Å². The second-order valence-corrected chi connectivity index (χ2v) is 3.11. The van der Waals surface area contributed by atoms with E-state index in [2.05, 4.69) is 6.58 Å². The first-order valence-corrected chi connectivity index (χ1v) is 4.12. The summed E-state index contributed by atoms with van der Waals surface area (Å²) >= 11 is 0. The molecule has 0 N–H and O–H groups in total. The van der Waals surface area contributed by atoms with E-state index < -0.39 is 0 Å². The van der Waals surface area contributed by atoms with Gasteiger partial charge in [0.25, 0.3) is 0 Å². The fraction of sp³-hybridized carbons (Fsp3) is 0.182. The molecule has 0 aliphatic heterocycles. The second kappa shape index (κ2) is 4.08. The molecule has 0 saturated carbocycles. The summed E-state index contributed by atoms with van der Waals surface area (Å²) in [6.07, 6.45) is 0.392. The molecule has 0 unspecified atom stereocenters. The number of rotatable bonds is 3. The van der Waals surface area contributed by atoms with Gasteiger partial charge in [0.05, 0.1) is 0 Å². The highest BCUT2D eigenvalue weighted by Crippen LogP contribution is 2.14.